The second-order valence-electron chi connectivity index (χ2n) is 10.9. The fraction of sp³-hybridized carbons (Fsp3) is 0.379. The number of carbonyl (C=O) groups is 1. The highest BCUT2D eigenvalue weighted by molar-refractivity contribution is 6.40. The van der Waals surface area contributed by atoms with Crippen molar-refractivity contribution >= 4 is 46.4 Å². The van der Waals surface area contributed by atoms with E-state index in [2.05, 4.69) is 39.5 Å². The van der Waals surface area contributed by atoms with Crippen molar-refractivity contribution in [2.75, 3.05) is 25.0 Å². The van der Waals surface area contributed by atoms with Gasteiger partial charge < -0.3 is 10.6 Å². The van der Waals surface area contributed by atoms with Crippen LogP contribution in [0.4, 0.5) is 5.69 Å². The van der Waals surface area contributed by atoms with Crippen molar-refractivity contribution in [2.24, 2.45) is 0 Å². The fourth-order valence-corrected chi connectivity index (χ4v) is 6.08. The van der Waals surface area contributed by atoms with Crippen LogP contribution in [0.2, 0.25) is 15.1 Å². The smallest absolute Gasteiger partial charge is 0.284 e. The largest absolute Gasteiger partial charge is 0.325 e. The maximum Gasteiger partial charge on any atom is 0.284 e. The van der Waals surface area contributed by atoms with E-state index in [0.717, 1.165) is 18.7 Å². The van der Waals surface area contributed by atoms with E-state index in [9.17, 15) is 9.59 Å². The standard InChI is InChI=1S/C29H32Cl3N7O2/c1-15(2)26-25-28(39(37-26)27-21(31)10-19(30)11-22(27)32)35-23(36-29(25)41)9-18-5-7-20(8-6-18)34-24(40)14-38-13-16(3)33-12-17(38)4/h5-8,10-11,15-17,33,37H,9,12-14H2,1-4H3,(H,34,40)/t16-,17+/m0/s1. The summed E-state index contributed by atoms with van der Waals surface area (Å²) in [4.78, 5) is 37.1. The van der Waals surface area contributed by atoms with Crippen molar-refractivity contribution in [1.82, 2.24) is 30.0 Å². The van der Waals surface area contributed by atoms with E-state index in [1.165, 1.54) is 0 Å². The Morgan fingerprint density at radius 2 is 1.78 bits per heavy atom. The number of amides is 1. The lowest BCUT2D eigenvalue weighted by Crippen LogP contribution is -2.55. The Morgan fingerprint density at radius 1 is 1.10 bits per heavy atom. The number of aromatic nitrogens is 4. The van der Waals surface area contributed by atoms with Gasteiger partial charge in [-0.05, 0) is 49.6 Å². The summed E-state index contributed by atoms with van der Waals surface area (Å²) in [6, 6.07) is 11.3. The van der Waals surface area contributed by atoms with Crippen LogP contribution < -0.4 is 16.2 Å². The summed E-state index contributed by atoms with van der Waals surface area (Å²) in [5.74, 6) is 0.674. The first-order valence-corrected chi connectivity index (χ1v) is 14.7. The molecule has 0 spiro atoms. The third-order valence-corrected chi connectivity index (χ3v) is 8.03. The number of nitrogens with zero attached hydrogens (tertiary/aromatic N) is 4. The zero-order chi connectivity index (χ0) is 29.4. The molecule has 0 unspecified atom stereocenters. The summed E-state index contributed by atoms with van der Waals surface area (Å²) in [5, 5.41) is 10.7. The zero-order valence-electron chi connectivity index (χ0n) is 23.3. The molecule has 5 rings (SSSR count). The lowest BCUT2D eigenvalue weighted by atomic mass is 10.1. The molecular weight excluding hydrogens is 585 g/mol. The number of aromatic amines is 1. The number of carbonyl (C=O) groups excluding carboxylic acids is 1. The van der Waals surface area contributed by atoms with Crippen molar-refractivity contribution < 1.29 is 4.79 Å². The molecule has 1 saturated heterocycles. The van der Waals surface area contributed by atoms with Gasteiger partial charge >= 0.3 is 0 Å². The molecule has 3 N–H and O–H groups in total. The van der Waals surface area contributed by atoms with E-state index >= 15 is 0 Å². The molecule has 2 atom stereocenters. The number of benzene rings is 2. The molecule has 0 aliphatic carbocycles. The second-order valence-corrected chi connectivity index (χ2v) is 12.1. The van der Waals surface area contributed by atoms with Gasteiger partial charge in [-0.25, -0.2) is 9.67 Å². The Balaban J connectivity index is 1.38. The molecule has 12 heteroatoms. The summed E-state index contributed by atoms with van der Waals surface area (Å²) in [6.07, 6.45) is 0.319. The van der Waals surface area contributed by atoms with Crippen LogP contribution in [0, 0.1) is 0 Å². The topological polar surface area (TPSA) is 108 Å². The average Bonchev–Trinajstić information content (AvgIpc) is 3.27. The normalized spacial score (nSPS) is 17.9. The monoisotopic (exact) mass is 615 g/mol. The number of rotatable bonds is 7. The van der Waals surface area contributed by atoms with Crippen LogP contribution in [-0.4, -0.2) is 62.3 Å². The summed E-state index contributed by atoms with van der Waals surface area (Å²) in [7, 11) is 0. The van der Waals surface area contributed by atoms with Gasteiger partial charge in [-0.15, -0.1) is 0 Å². The minimum atomic E-state index is -0.384. The Morgan fingerprint density at radius 3 is 2.44 bits per heavy atom. The van der Waals surface area contributed by atoms with E-state index in [0.29, 0.717) is 74.4 Å². The maximum atomic E-state index is 13.2. The van der Waals surface area contributed by atoms with E-state index in [-0.39, 0.29) is 17.4 Å². The molecule has 216 valence electrons. The molecule has 9 nitrogen and oxygen atoms in total. The minimum Gasteiger partial charge on any atom is -0.325 e. The van der Waals surface area contributed by atoms with Gasteiger partial charge in [0.2, 0.25) is 5.91 Å². The van der Waals surface area contributed by atoms with Crippen LogP contribution in [-0.2, 0) is 11.2 Å². The first kappa shape index (κ1) is 29.5. The first-order valence-electron chi connectivity index (χ1n) is 13.5. The van der Waals surface area contributed by atoms with E-state index in [1.807, 2.05) is 38.1 Å². The zero-order valence-corrected chi connectivity index (χ0v) is 25.5. The van der Waals surface area contributed by atoms with E-state index < -0.39 is 0 Å². The molecule has 3 aliphatic rings. The average molecular weight is 617 g/mol. The number of fused-ring (bicyclic) bond motifs is 1. The predicted molar refractivity (Wildman–Crippen MR) is 164 cm³/mol. The molecule has 0 saturated carbocycles. The highest BCUT2D eigenvalue weighted by atomic mass is 35.5. The summed E-state index contributed by atoms with van der Waals surface area (Å²) in [5.41, 5.74) is 2.72. The first-order chi connectivity index (χ1) is 19.5. The quantitative estimate of drug-likeness (QED) is 0.258. The summed E-state index contributed by atoms with van der Waals surface area (Å²) < 4.78 is 1.62. The molecule has 2 aromatic rings. The lowest BCUT2D eigenvalue weighted by Gasteiger charge is -2.36. The molecule has 1 fully saturated rings. The predicted octanol–water partition coefficient (Wildman–Crippen LogP) is 5.36. The molecule has 3 heterocycles. The Hall–Kier alpha value is -2.95. The van der Waals surface area contributed by atoms with Crippen LogP contribution in [0.5, 0.6) is 0 Å². The Kier molecular flexibility index (Phi) is 8.73. The third-order valence-electron chi connectivity index (χ3n) is 7.24. The SMILES string of the molecule is CC(C)c1[nH]n(-c2c(Cl)cc(Cl)cc2Cl)c2nc(Cc3ccc(NC(=O)CN4C[C@H](C)NC[C@H]4C)cc3)nc(=O)c1-2. The number of hydrogen-bond acceptors (Lipinski definition) is 6. The number of halogens is 3. The van der Waals surface area contributed by atoms with Gasteiger partial charge in [0.05, 0.1) is 22.3 Å². The Labute approximate surface area is 253 Å². The summed E-state index contributed by atoms with van der Waals surface area (Å²) in [6.45, 7) is 10.2. The van der Waals surface area contributed by atoms with Crippen LogP contribution in [0.25, 0.3) is 17.1 Å². The molecule has 41 heavy (non-hydrogen) atoms. The second kappa shape index (κ2) is 12.1. The molecular formula is C29H32Cl3N7O2. The molecule has 0 radical (unpaired) electrons. The van der Waals surface area contributed by atoms with Crippen LogP contribution >= 0.6 is 34.8 Å². The highest BCUT2D eigenvalue weighted by Gasteiger charge is 2.27. The van der Waals surface area contributed by atoms with Gasteiger partial charge in [0.15, 0.2) is 5.82 Å². The number of hydrogen-bond donors (Lipinski definition) is 3. The van der Waals surface area contributed by atoms with Gasteiger partial charge in [-0.2, -0.15) is 4.98 Å². The van der Waals surface area contributed by atoms with Crippen LogP contribution in [0.3, 0.4) is 0 Å². The molecule has 1 amide bonds. The van der Waals surface area contributed by atoms with Crippen molar-refractivity contribution in [2.45, 2.75) is 52.1 Å². The third kappa shape index (κ3) is 6.44. The van der Waals surface area contributed by atoms with Gasteiger partial charge in [-0.1, -0.05) is 60.8 Å². The fourth-order valence-electron chi connectivity index (χ4n) is 5.10. The van der Waals surface area contributed by atoms with Crippen LogP contribution in [0.1, 0.15) is 50.7 Å². The highest BCUT2D eigenvalue weighted by Crippen LogP contribution is 2.36. The van der Waals surface area contributed by atoms with E-state index in [4.69, 9.17) is 39.8 Å². The Bertz CT molecular complexity index is 1580. The molecule has 0 bridgehead atoms. The minimum absolute atomic E-state index is 0.00769. The lowest BCUT2D eigenvalue weighted by molar-refractivity contribution is -0.118. The number of H-pyrrole nitrogens is 1. The van der Waals surface area contributed by atoms with Crippen molar-refractivity contribution in [3.63, 3.8) is 0 Å². The van der Waals surface area contributed by atoms with Gasteiger partial charge in [-0.3, -0.25) is 19.6 Å². The number of anilines is 1. The van der Waals surface area contributed by atoms with Crippen molar-refractivity contribution in [1.29, 1.82) is 0 Å². The van der Waals surface area contributed by atoms with Gasteiger partial charge in [0, 0.05) is 42.3 Å². The van der Waals surface area contributed by atoms with Crippen LogP contribution in [0.15, 0.2) is 41.2 Å². The maximum absolute atomic E-state index is 13.2. The molecule has 3 aliphatic heterocycles. The van der Waals surface area contributed by atoms with Crippen molar-refractivity contribution in [3.05, 3.63) is 78.9 Å². The van der Waals surface area contributed by atoms with E-state index in [1.54, 1.807) is 16.8 Å². The summed E-state index contributed by atoms with van der Waals surface area (Å²) >= 11 is 19.2. The van der Waals surface area contributed by atoms with Gasteiger partial charge in [0.25, 0.3) is 5.56 Å². The number of nitrogens with one attached hydrogen (secondary N) is 3. The molecule has 0 aromatic heterocycles. The molecule has 2 aromatic carbocycles. The van der Waals surface area contributed by atoms with Crippen molar-refractivity contribution in [3.8, 4) is 17.1 Å². The number of piperazine rings is 1. The van der Waals surface area contributed by atoms with Gasteiger partial charge in [0.1, 0.15) is 17.1 Å².